The standard InChI is InChI=1S/C16H15BrN2O2S/c1-11(20)18-14-4-2-3-5-15(14)22-10-16(21)19-13-8-6-12(17)7-9-13/h2-9H,10H2,1H3,(H,18,20)(H,19,21). The van der Waals surface area contributed by atoms with Gasteiger partial charge in [0, 0.05) is 22.0 Å². The second kappa shape index (κ2) is 8.00. The van der Waals surface area contributed by atoms with Crippen molar-refractivity contribution >= 4 is 50.9 Å². The zero-order valence-corrected chi connectivity index (χ0v) is 14.3. The Kier molecular flexibility index (Phi) is 6.03. The highest BCUT2D eigenvalue weighted by molar-refractivity contribution is 9.10. The molecule has 0 unspecified atom stereocenters. The maximum absolute atomic E-state index is 12.0. The van der Waals surface area contributed by atoms with E-state index in [1.54, 1.807) is 0 Å². The van der Waals surface area contributed by atoms with E-state index >= 15 is 0 Å². The maximum atomic E-state index is 12.0. The van der Waals surface area contributed by atoms with Crippen LogP contribution in [0.2, 0.25) is 0 Å². The molecule has 0 atom stereocenters. The number of rotatable bonds is 5. The molecule has 2 aromatic carbocycles. The van der Waals surface area contributed by atoms with Gasteiger partial charge in [-0.2, -0.15) is 0 Å². The summed E-state index contributed by atoms with van der Waals surface area (Å²) in [5.41, 5.74) is 1.47. The van der Waals surface area contributed by atoms with Crippen molar-refractivity contribution in [1.82, 2.24) is 0 Å². The summed E-state index contributed by atoms with van der Waals surface area (Å²) in [4.78, 5) is 24.0. The molecule has 0 aliphatic heterocycles. The fourth-order valence-corrected chi connectivity index (χ4v) is 2.83. The third-order valence-electron chi connectivity index (χ3n) is 2.68. The van der Waals surface area contributed by atoms with Crippen LogP contribution < -0.4 is 10.6 Å². The van der Waals surface area contributed by atoms with Gasteiger partial charge in [-0.25, -0.2) is 0 Å². The number of carbonyl (C=O) groups is 2. The van der Waals surface area contributed by atoms with Crippen molar-refractivity contribution in [3.05, 3.63) is 53.0 Å². The monoisotopic (exact) mass is 378 g/mol. The fraction of sp³-hybridized carbons (Fsp3) is 0.125. The number of thioether (sulfide) groups is 1. The third kappa shape index (κ3) is 5.20. The molecule has 0 bridgehead atoms. The summed E-state index contributed by atoms with van der Waals surface area (Å²) in [6.07, 6.45) is 0. The van der Waals surface area contributed by atoms with Crippen LogP contribution in [-0.2, 0) is 9.59 Å². The third-order valence-corrected chi connectivity index (χ3v) is 4.29. The molecule has 114 valence electrons. The van der Waals surface area contributed by atoms with Crippen LogP contribution in [0.3, 0.4) is 0 Å². The molecule has 0 fully saturated rings. The van der Waals surface area contributed by atoms with E-state index in [0.29, 0.717) is 0 Å². The van der Waals surface area contributed by atoms with Crippen LogP contribution in [0.1, 0.15) is 6.92 Å². The van der Waals surface area contributed by atoms with Gasteiger partial charge in [0.2, 0.25) is 11.8 Å². The van der Waals surface area contributed by atoms with E-state index in [-0.39, 0.29) is 17.6 Å². The van der Waals surface area contributed by atoms with E-state index in [2.05, 4.69) is 26.6 Å². The van der Waals surface area contributed by atoms with E-state index < -0.39 is 0 Å². The van der Waals surface area contributed by atoms with Crippen molar-refractivity contribution in [2.45, 2.75) is 11.8 Å². The molecule has 0 heterocycles. The Morgan fingerprint density at radius 1 is 1.05 bits per heavy atom. The van der Waals surface area contributed by atoms with E-state index in [4.69, 9.17) is 0 Å². The summed E-state index contributed by atoms with van der Waals surface area (Å²) in [7, 11) is 0. The minimum Gasteiger partial charge on any atom is -0.325 e. The van der Waals surface area contributed by atoms with Gasteiger partial charge in [-0.15, -0.1) is 11.8 Å². The van der Waals surface area contributed by atoms with Crippen LogP contribution in [0.5, 0.6) is 0 Å². The molecule has 0 radical (unpaired) electrons. The number of benzene rings is 2. The lowest BCUT2D eigenvalue weighted by Crippen LogP contribution is -2.14. The Balaban J connectivity index is 1.93. The van der Waals surface area contributed by atoms with E-state index in [0.717, 1.165) is 20.7 Å². The van der Waals surface area contributed by atoms with Crippen molar-refractivity contribution < 1.29 is 9.59 Å². The summed E-state index contributed by atoms with van der Waals surface area (Å²) < 4.78 is 0.962. The molecule has 4 nitrogen and oxygen atoms in total. The van der Waals surface area contributed by atoms with E-state index in [9.17, 15) is 9.59 Å². The summed E-state index contributed by atoms with van der Waals surface area (Å²) >= 11 is 4.73. The lowest BCUT2D eigenvalue weighted by atomic mass is 10.3. The van der Waals surface area contributed by atoms with Gasteiger partial charge in [0.1, 0.15) is 0 Å². The number of nitrogens with one attached hydrogen (secondary N) is 2. The molecule has 0 spiro atoms. The normalized spacial score (nSPS) is 10.1. The first-order valence-corrected chi connectivity index (χ1v) is 8.37. The average molecular weight is 379 g/mol. The van der Waals surface area contributed by atoms with Crippen molar-refractivity contribution in [1.29, 1.82) is 0 Å². The molecular formula is C16H15BrN2O2S. The highest BCUT2D eigenvalue weighted by Gasteiger charge is 2.08. The number of para-hydroxylation sites is 1. The van der Waals surface area contributed by atoms with Crippen molar-refractivity contribution in [2.24, 2.45) is 0 Å². The second-order valence-electron chi connectivity index (χ2n) is 4.52. The van der Waals surface area contributed by atoms with Crippen LogP contribution in [-0.4, -0.2) is 17.6 Å². The Bertz CT molecular complexity index is 674. The quantitative estimate of drug-likeness (QED) is 0.768. The van der Waals surface area contributed by atoms with Gasteiger partial charge in [-0.05, 0) is 36.4 Å². The highest BCUT2D eigenvalue weighted by Crippen LogP contribution is 2.27. The van der Waals surface area contributed by atoms with Crippen LogP contribution in [0.25, 0.3) is 0 Å². The number of halogens is 1. The molecule has 2 N–H and O–H groups in total. The first kappa shape index (κ1) is 16.6. The molecule has 0 aliphatic carbocycles. The Labute approximate surface area is 141 Å². The largest absolute Gasteiger partial charge is 0.325 e. The molecule has 2 amide bonds. The zero-order chi connectivity index (χ0) is 15.9. The van der Waals surface area contributed by atoms with E-state index in [1.165, 1.54) is 18.7 Å². The van der Waals surface area contributed by atoms with Crippen molar-refractivity contribution in [3.63, 3.8) is 0 Å². The lowest BCUT2D eigenvalue weighted by Gasteiger charge is -2.09. The molecule has 22 heavy (non-hydrogen) atoms. The van der Waals surface area contributed by atoms with Crippen LogP contribution in [0, 0.1) is 0 Å². The Morgan fingerprint density at radius 3 is 2.41 bits per heavy atom. The summed E-state index contributed by atoms with van der Waals surface area (Å²) in [5.74, 6) is 0.0458. The molecule has 2 aromatic rings. The van der Waals surface area contributed by atoms with Gasteiger partial charge in [-0.3, -0.25) is 9.59 Å². The van der Waals surface area contributed by atoms with Gasteiger partial charge < -0.3 is 10.6 Å². The number of carbonyl (C=O) groups excluding carboxylic acids is 2. The first-order valence-electron chi connectivity index (χ1n) is 6.59. The van der Waals surface area contributed by atoms with Crippen LogP contribution in [0.15, 0.2) is 57.9 Å². The predicted octanol–water partition coefficient (Wildman–Crippen LogP) is 4.14. The molecule has 0 saturated heterocycles. The fourth-order valence-electron chi connectivity index (χ4n) is 1.76. The summed E-state index contributed by atoms with van der Waals surface area (Å²) in [6, 6.07) is 14.8. The van der Waals surface area contributed by atoms with Crippen molar-refractivity contribution in [2.75, 3.05) is 16.4 Å². The molecule has 0 saturated carbocycles. The number of hydrogen-bond acceptors (Lipinski definition) is 3. The van der Waals surface area contributed by atoms with Gasteiger partial charge in [0.25, 0.3) is 0 Å². The van der Waals surface area contributed by atoms with Gasteiger partial charge in [0.15, 0.2) is 0 Å². The maximum Gasteiger partial charge on any atom is 0.234 e. The van der Waals surface area contributed by atoms with Gasteiger partial charge >= 0.3 is 0 Å². The highest BCUT2D eigenvalue weighted by atomic mass is 79.9. The Morgan fingerprint density at radius 2 is 1.73 bits per heavy atom. The number of anilines is 2. The number of hydrogen-bond donors (Lipinski definition) is 2. The topological polar surface area (TPSA) is 58.2 Å². The lowest BCUT2D eigenvalue weighted by molar-refractivity contribution is -0.114. The summed E-state index contributed by atoms with van der Waals surface area (Å²) in [5, 5.41) is 5.59. The molecule has 6 heteroatoms. The van der Waals surface area contributed by atoms with Crippen LogP contribution in [0.4, 0.5) is 11.4 Å². The predicted molar refractivity (Wildman–Crippen MR) is 94.2 cm³/mol. The molecule has 0 aromatic heterocycles. The minimum atomic E-state index is -0.132. The molecule has 2 rings (SSSR count). The van der Waals surface area contributed by atoms with Crippen LogP contribution >= 0.6 is 27.7 Å². The first-order chi connectivity index (χ1) is 10.5. The number of amides is 2. The molecule has 0 aliphatic rings. The Hall–Kier alpha value is -1.79. The van der Waals surface area contributed by atoms with Crippen molar-refractivity contribution in [3.8, 4) is 0 Å². The smallest absolute Gasteiger partial charge is 0.234 e. The average Bonchev–Trinajstić information content (AvgIpc) is 2.48. The van der Waals surface area contributed by atoms with Gasteiger partial charge in [0.05, 0.1) is 11.4 Å². The molecular weight excluding hydrogens is 364 g/mol. The minimum absolute atomic E-state index is 0.0926. The zero-order valence-electron chi connectivity index (χ0n) is 11.9. The summed E-state index contributed by atoms with van der Waals surface area (Å²) in [6.45, 7) is 1.46. The van der Waals surface area contributed by atoms with E-state index in [1.807, 2.05) is 48.5 Å². The van der Waals surface area contributed by atoms with Gasteiger partial charge in [-0.1, -0.05) is 28.1 Å². The second-order valence-corrected chi connectivity index (χ2v) is 6.45. The SMILES string of the molecule is CC(=O)Nc1ccccc1SCC(=O)Nc1ccc(Br)cc1.